The average Bonchev–Trinajstić information content (AvgIpc) is 3.19. The van der Waals surface area contributed by atoms with Crippen molar-refractivity contribution in [2.24, 2.45) is 0 Å². The highest BCUT2D eigenvalue weighted by molar-refractivity contribution is 7.99. The second-order valence-corrected chi connectivity index (χ2v) is 6.95. The fraction of sp³-hybridized carbons (Fsp3) is 0.133. The van der Waals surface area contributed by atoms with Crippen molar-refractivity contribution < 1.29 is 0 Å². The molecule has 0 fully saturated rings. The summed E-state index contributed by atoms with van der Waals surface area (Å²) in [5.41, 5.74) is 4.21. The van der Waals surface area contributed by atoms with E-state index >= 15 is 0 Å². The Morgan fingerprint density at radius 3 is 2.96 bits per heavy atom. The molecular formula is C15H12N6S2. The van der Waals surface area contributed by atoms with Crippen LogP contribution in [-0.4, -0.2) is 30.2 Å². The van der Waals surface area contributed by atoms with Crippen LogP contribution in [0.2, 0.25) is 0 Å². The lowest BCUT2D eigenvalue weighted by Gasteiger charge is -2.08. The maximum atomic E-state index is 4.38. The van der Waals surface area contributed by atoms with Crippen molar-refractivity contribution in [2.75, 3.05) is 0 Å². The van der Waals surface area contributed by atoms with Gasteiger partial charge in [-0.1, -0.05) is 12.1 Å². The van der Waals surface area contributed by atoms with Crippen molar-refractivity contribution >= 4 is 33.3 Å². The lowest BCUT2D eigenvalue weighted by molar-refractivity contribution is 0.751. The number of rotatable bonds is 3. The zero-order chi connectivity index (χ0) is 15.8. The molecule has 0 spiro atoms. The van der Waals surface area contributed by atoms with Crippen molar-refractivity contribution in [3.63, 3.8) is 0 Å². The summed E-state index contributed by atoms with van der Waals surface area (Å²) in [6.07, 6.45) is 1.57. The van der Waals surface area contributed by atoms with Crippen molar-refractivity contribution in [1.29, 1.82) is 0 Å². The van der Waals surface area contributed by atoms with Crippen LogP contribution in [0.4, 0.5) is 0 Å². The van der Waals surface area contributed by atoms with E-state index in [0.717, 1.165) is 26.5 Å². The molecule has 0 amide bonds. The number of nitrogens with zero attached hydrogens (tertiary/aromatic N) is 6. The molecule has 0 N–H and O–H groups in total. The number of aryl methyl sites for hydroxylation is 2. The number of thiophene rings is 1. The molecule has 0 bridgehead atoms. The van der Waals surface area contributed by atoms with Gasteiger partial charge in [0.2, 0.25) is 5.16 Å². The number of hydrogen-bond donors (Lipinski definition) is 0. The van der Waals surface area contributed by atoms with Crippen LogP contribution in [0.15, 0.2) is 46.2 Å². The highest BCUT2D eigenvalue weighted by Crippen LogP contribution is 2.33. The molecule has 0 saturated heterocycles. The number of tetrazole rings is 1. The van der Waals surface area contributed by atoms with Crippen LogP contribution in [0, 0.1) is 13.8 Å². The van der Waals surface area contributed by atoms with E-state index in [2.05, 4.69) is 50.6 Å². The van der Waals surface area contributed by atoms with Gasteiger partial charge in [0, 0.05) is 0 Å². The Kier molecular flexibility index (Phi) is 3.55. The molecule has 0 atom stereocenters. The van der Waals surface area contributed by atoms with Crippen LogP contribution in [0.25, 0.3) is 15.9 Å². The average molecular weight is 340 g/mol. The summed E-state index contributed by atoms with van der Waals surface area (Å²) in [5, 5.41) is 15.7. The maximum Gasteiger partial charge on any atom is 0.220 e. The summed E-state index contributed by atoms with van der Waals surface area (Å²) < 4.78 is 2.81. The minimum Gasteiger partial charge on any atom is -0.235 e. The number of aromatic nitrogens is 6. The van der Waals surface area contributed by atoms with E-state index < -0.39 is 0 Å². The first-order chi connectivity index (χ1) is 11.2. The van der Waals surface area contributed by atoms with Crippen molar-refractivity contribution in [2.45, 2.75) is 24.0 Å². The third-order valence-electron chi connectivity index (χ3n) is 3.43. The Hall–Kier alpha value is -2.32. The summed E-state index contributed by atoms with van der Waals surface area (Å²) in [6, 6.07) is 8.22. The summed E-state index contributed by atoms with van der Waals surface area (Å²) in [4.78, 5) is 8.65. The molecule has 0 aliphatic rings. The van der Waals surface area contributed by atoms with Gasteiger partial charge in [-0.2, -0.15) is 4.68 Å². The lowest BCUT2D eigenvalue weighted by atomic mass is 10.1. The molecule has 23 heavy (non-hydrogen) atoms. The Morgan fingerprint density at radius 1 is 1.13 bits per heavy atom. The van der Waals surface area contributed by atoms with E-state index in [4.69, 9.17) is 0 Å². The van der Waals surface area contributed by atoms with Crippen LogP contribution in [0.3, 0.4) is 0 Å². The van der Waals surface area contributed by atoms with E-state index in [-0.39, 0.29) is 0 Å². The molecule has 114 valence electrons. The van der Waals surface area contributed by atoms with Crippen molar-refractivity contribution in [3.05, 3.63) is 47.1 Å². The highest BCUT2D eigenvalue weighted by atomic mass is 32.2. The van der Waals surface area contributed by atoms with Gasteiger partial charge in [-0.15, -0.1) is 16.4 Å². The summed E-state index contributed by atoms with van der Waals surface area (Å²) in [7, 11) is 0. The monoisotopic (exact) mass is 340 g/mol. The molecule has 3 heterocycles. The normalized spacial score (nSPS) is 11.2. The first-order valence-electron chi connectivity index (χ1n) is 6.94. The molecule has 0 aliphatic carbocycles. The smallest absolute Gasteiger partial charge is 0.220 e. The van der Waals surface area contributed by atoms with Crippen LogP contribution in [0.1, 0.15) is 11.1 Å². The van der Waals surface area contributed by atoms with Gasteiger partial charge in [0.25, 0.3) is 0 Å². The summed E-state index contributed by atoms with van der Waals surface area (Å²) >= 11 is 3.07. The molecule has 0 saturated carbocycles. The third kappa shape index (κ3) is 2.60. The molecule has 0 radical (unpaired) electrons. The molecule has 8 heteroatoms. The van der Waals surface area contributed by atoms with Crippen molar-refractivity contribution in [3.8, 4) is 5.69 Å². The van der Waals surface area contributed by atoms with Gasteiger partial charge in [0.1, 0.15) is 11.4 Å². The first kappa shape index (κ1) is 14.3. The quantitative estimate of drug-likeness (QED) is 0.532. The van der Waals surface area contributed by atoms with Gasteiger partial charge in [0.15, 0.2) is 0 Å². The summed E-state index contributed by atoms with van der Waals surface area (Å²) in [5.74, 6) is 0. The van der Waals surface area contributed by atoms with Crippen LogP contribution < -0.4 is 0 Å². The Balaban J connectivity index is 1.79. The molecule has 0 unspecified atom stereocenters. The van der Waals surface area contributed by atoms with Gasteiger partial charge in [-0.05, 0) is 64.7 Å². The molecule has 4 rings (SSSR count). The fourth-order valence-corrected chi connectivity index (χ4v) is 4.03. The Bertz CT molecular complexity index is 990. The SMILES string of the molecule is Cc1ccc(C)c(-n2nnnc2Sc2ncnc3ccsc23)c1. The predicted octanol–water partition coefficient (Wildman–Crippen LogP) is 3.44. The third-order valence-corrected chi connectivity index (χ3v) is 5.41. The predicted molar refractivity (Wildman–Crippen MR) is 90.2 cm³/mol. The van der Waals surface area contributed by atoms with Gasteiger partial charge < -0.3 is 0 Å². The standard InChI is InChI=1S/C15H12N6S2/c1-9-3-4-10(2)12(7-9)21-15(18-19-20-21)23-14-13-11(5-6-22-13)16-8-17-14/h3-8H,1-2H3. The zero-order valence-electron chi connectivity index (χ0n) is 12.5. The van der Waals surface area contributed by atoms with Crippen molar-refractivity contribution in [1.82, 2.24) is 30.2 Å². The van der Waals surface area contributed by atoms with E-state index in [0.29, 0.717) is 5.16 Å². The van der Waals surface area contributed by atoms with Crippen LogP contribution in [0.5, 0.6) is 0 Å². The zero-order valence-corrected chi connectivity index (χ0v) is 14.1. The van der Waals surface area contributed by atoms with Crippen LogP contribution >= 0.6 is 23.1 Å². The fourth-order valence-electron chi connectivity index (χ4n) is 2.27. The van der Waals surface area contributed by atoms with Gasteiger partial charge in [-0.3, -0.25) is 0 Å². The van der Waals surface area contributed by atoms with Gasteiger partial charge in [0.05, 0.1) is 15.9 Å². The molecule has 6 nitrogen and oxygen atoms in total. The Labute approximate surface area is 140 Å². The van der Waals surface area contributed by atoms with Gasteiger partial charge >= 0.3 is 0 Å². The maximum absolute atomic E-state index is 4.38. The number of hydrogen-bond acceptors (Lipinski definition) is 7. The number of fused-ring (bicyclic) bond motifs is 1. The van der Waals surface area contributed by atoms with Crippen LogP contribution in [-0.2, 0) is 0 Å². The Morgan fingerprint density at radius 2 is 2.04 bits per heavy atom. The first-order valence-corrected chi connectivity index (χ1v) is 8.64. The van der Waals surface area contributed by atoms with E-state index in [1.165, 1.54) is 17.3 Å². The van der Waals surface area contributed by atoms with Gasteiger partial charge in [-0.25, -0.2) is 9.97 Å². The van der Waals surface area contributed by atoms with E-state index in [9.17, 15) is 0 Å². The van der Waals surface area contributed by atoms with E-state index in [1.54, 1.807) is 22.3 Å². The molecule has 0 aliphatic heterocycles. The molecule has 4 aromatic rings. The summed E-state index contributed by atoms with van der Waals surface area (Å²) in [6.45, 7) is 4.10. The molecular weight excluding hydrogens is 328 g/mol. The molecule has 3 aromatic heterocycles. The highest BCUT2D eigenvalue weighted by Gasteiger charge is 2.15. The minimum absolute atomic E-state index is 0.687. The largest absolute Gasteiger partial charge is 0.235 e. The number of benzene rings is 1. The molecule has 1 aromatic carbocycles. The second-order valence-electron chi connectivity index (χ2n) is 5.08. The van der Waals surface area contributed by atoms with E-state index in [1.807, 2.05) is 18.4 Å². The second kappa shape index (κ2) is 5.71. The lowest BCUT2D eigenvalue weighted by Crippen LogP contribution is -2.02. The topological polar surface area (TPSA) is 69.4 Å². The minimum atomic E-state index is 0.687.